The third-order valence-corrected chi connectivity index (χ3v) is 7.24. The minimum Gasteiger partial charge on any atom is -0.465 e. The first kappa shape index (κ1) is 28.1. The molecule has 0 saturated heterocycles. The molecule has 1 aliphatic rings. The van der Waals surface area contributed by atoms with Gasteiger partial charge in [0, 0.05) is 6.92 Å². The van der Waals surface area contributed by atoms with Crippen molar-refractivity contribution in [3.8, 4) is 0 Å². The van der Waals surface area contributed by atoms with Gasteiger partial charge in [-0.05, 0) is 39.0 Å². The minimum atomic E-state index is -0.238. The van der Waals surface area contributed by atoms with Gasteiger partial charge < -0.3 is 9.47 Å². The van der Waals surface area contributed by atoms with Gasteiger partial charge in [0.1, 0.15) is 6.10 Å². The number of carbonyl (C=O) groups is 2. The smallest absolute Gasteiger partial charge is 0.315 e. The minimum absolute atomic E-state index is 0.0785. The molecule has 4 nitrogen and oxygen atoms in total. The van der Waals surface area contributed by atoms with Crippen LogP contribution in [-0.4, -0.2) is 35.7 Å². The van der Waals surface area contributed by atoms with Gasteiger partial charge in [-0.15, -0.1) is 11.8 Å². The summed E-state index contributed by atoms with van der Waals surface area (Å²) in [5, 5.41) is 0.0785. The quantitative estimate of drug-likeness (QED) is 0.130. The average Bonchev–Trinajstić information content (AvgIpc) is 2.73. The number of rotatable bonds is 17. The van der Waals surface area contributed by atoms with Gasteiger partial charge >= 0.3 is 11.9 Å². The Kier molecular flexibility index (Phi) is 16.8. The van der Waals surface area contributed by atoms with E-state index in [1.54, 1.807) is 11.8 Å². The van der Waals surface area contributed by atoms with Crippen molar-refractivity contribution < 1.29 is 19.1 Å². The Bertz CT molecular complexity index is 518. The van der Waals surface area contributed by atoms with Crippen LogP contribution in [0.4, 0.5) is 0 Å². The van der Waals surface area contributed by atoms with E-state index in [4.69, 9.17) is 9.47 Å². The van der Waals surface area contributed by atoms with E-state index in [2.05, 4.69) is 13.0 Å². The molecule has 1 fully saturated rings. The molecule has 0 aliphatic heterocycles. The first-order chi connectivity index (χ1) is 15.1. The maximum atomic E-state index is 11.8. The van der Waals surface area contributed by atoms with E-state index in [0.29, 0.717) is 12.4 Å². The summed E-state index contributed by atoms with van der Waals surface area (Å²) in [7, 11) is 0. The van der Waals surface area contributed by atoms with E-state index in [9.17, 15) is 9.59 Å². The Balaban J connectivity index is 2.33. The molecule has 2 atom stereocenters. The third kappa shape index (κ3) is 13.9. The second-order valence-electron chi connectivity index (χ2n) is 8.68. The van der Waals surface area contributed by atoms with Gasteiger partial charge in [0.15, 0.2) is 0 Å². The SMILES string of the molecule is CCCCCCCCCCCCCC=C1CCCC(OC(C)=O)C1SCC(=O)OCC. The molecule has 1 rings (SSSR count). The summed E-state index contributed by atoms with van der Waals surface area (Å²) in [5.74, 6) is -0.116. The van der Waals surface area contributed by atoms with Gasteiger partial charge in [0.05, 0.1) is 17.6 Å². The first-order valence-electron chi connectivity index (χ1n) is 12.7. The average molecular weight is 455 g/mol. The zero-order chi connectivity index (χ0) is 22.7. The summed E-state index contributed by atoms with van der Waals surface area (Å²) in [6, 6.07) is 0. The van der Waals surface area contributed by atoms with Crippen LogP contribution < -0.4 is 0 Å². The lowest BCUT2D eigenvalue weighted by Crippen LogP contribution is -2.34. The fraction of sp³-hybridized carbons (Fsp3) is 0.846. The predicted molar refractivity (Wildman–Crippen MR) is 131 cm³/mol. The molecule has 0 spiro atoms. The van der Waals surface area contributed by atoms with Crippen LogP contribution >= 0.6 is 11.8 Å². The monoisotopic (exact) mass is 454 g/mol. The first-order valence-corrected chi connectivity index (χ1v) is 13.8. The Morgan fingerprint density at radius 2 is 1.58 bits per heavy atom. The van der Waals surface area contributed by atoms with Crippen molar-refractivity contribution >= 4 is 23.7 Å². The topological polar surface area (TPSA) is 52.6 Å². The Labute approximate surface area is 195 Å². The Morgan fingerprint density at radius 3 is 2.16 bits per heavy atom. The molecule has 0 aromatic rings. The number of thioether (sulfide) groups is 1. The van der Waals surface area contributed by atoms with Crippen LogP contribution in [0.15, 0.2) is 11.6 Å². The van der Waals surface area contributed by atoms with Crippen molar-refractivity contribution in [2.45, 2.75) is 128 Å². The van der Waals surface area contributed by atoms with Crippen molar-refractivity contribution in [2.24, 2.45) is 0 Å². The molecule has 0 aromatic carbocycles. The van der Waals surface area contributed by atoms with E-state index in [1.165, 1.54) is 83.1 Å². The van der Waals surface area contributed by atoms with E-state index >= 15 is 0 Å². The predicted octanol–water partition coefficient (Wildman–Crippen LogP) is 7.39. The van der Waals surface area contributed by atoms with Gasteiger partial charge in [0.2, 0.25) is 0 Å². The molecule has 0 N–H and O–H groups in total. The maximum Gasteiger partial charge on any atom is 0.315 e. The molecule has 180 valence electrons. The van der Waals surface area contributed by atoms with Crippen LogP contribution in [0.1, 0.15) is 117 Å². The van der Waals surface area contributed by atoms with Crippen molar-refractivity contribution in [1.29, 1.82) is 0 Å². The summed E-state index contributed by atoms with van der Waals surface area (Å²) in [6.45, 7) is 5.96. The largest absolute Gasteiger partial charge is 0.465 e. The van der Waals surface area contributed by atoms with Gasteiger partial charge in [-0.2, -0.15) is 0 Å². The number of unbranched alkanes of at least 4 members (excludes halogenated alkanes) is 11. The molecule has 0 heterocycles. The molecule has 0 aromatic heterocycles. The molecular formula is C26H46O4S. The highest BCUT2D eigenvalue weighted by Gasteiger charge is 2.32. The van der Waals surface area contributed by atoms with Gasteiger partial charge in [-0.1, -0.05) is 82.8 Å². The van der Waals surface area contributed by atoms with Crippen LogP contribution in [-0.2, 0) is 19.1 Å². The zero-order valence-electron chi connectivity index (χ0n) is 20.3. The number of hydrogen-bond acceptors (Lipinski definition) is 5. The van der Waals surface area contributed by atoms with Crippen molar-refractivity contribution in [1.82, 2.24) is 0 Å². The molecule has 0 radical (unpaired) electrons. The molecule has 2 unspecified atom stereocenters. The van der Waals surface area contributed by atoms with Gasteiger partial charge in [-0.25, -0.2) is 0 Å². The van der Waals surface area contributed by atoms with Crippen molar-refractivity contribution in [3.63, 3.8) is 0 Å². The normalized spacial score (nSPS) is 20.0. The summed E-state index contributed by atoms with van der Waals surface area (Å²) < 4.78 is 10.7. The maximum absolute atomic E-state index is 11.8. The lowest BCUT2D eigenvalue weighted by molar-refractivity contribution is -0.146. The zero-order valence-corrected chi connectivity index (χ0v) is 21.1. The molecule has 1 aliphatic carbocycles. The van der Waals surface area contributed by atoms with E-state index < -0.39 is 0 Å². The van der Waals surface area contributed by atoms with Gasteiger partial charge in [0.25, 0.3) is 0 Å². The van der Waals surface area contributed by atoms with Crippen LogP contribution in [0.3, 0.4) is 0 Å². The van der Waals surface area contributed by atoms with Crippen LogP contribution in [0.2, 0.25) is 0 Å². The highest BCUT2D eigenvalue weighted by atomic mass is 32.2. The number of carbonyl (C=O) groups excluding carboxylic acids is 2. The summed E-state index contributed by atoms with van der Waals surface area (Å²) >= 11 is 1.57. The fourth-order valence-electron chi connectivity index (χ4n) is 4.26. The molecule has 0 amide bonds. The molecule has 0 bridgehead atoms. The number of esters is 2. The number of allylic oxidation sites excluding steroid dienone is 1. The lowest BCUT2D eigenvalue weighted by Gasteiger charge is -2.33. The molecule has 5 heteroatoms. The summed E-state index contributed by atoms with van der Waals surface area (Å²) in [4.78, 5) is 23.4. The molecule has 31 heavy (non-hydrogen) atoms. The highest BCUT2D eigenvalue weighted by molar-refractivity contribution is 8.00. The molecular weight excluding hydrogens is 408 g/mol. The van der Waals surface area contributed by atoms with Crippen LogP contribution in [0.5, 0.6) is 0 Å². The third-order valence-electron chi connectivity index (χ3n) is 5.87. The lowest BCUT2D eigenvalue weighted by atomic mass is 9.90. The second kappa shape index (κ2) is 18.6. The van der Waals surface area contributed by atoms with E-state index in [-0.39, 0.29) is 23.3 Å². The number of ether oxygens (including phenoxy) is 2. The summed E-state index contributed by atoms with van der Waals surface area (Å²) in [5.41, 5.74) is 1.35. The van der Waals surface area contributed by atoms with Gasteiger partial charge in [-0.3, -0.25) is 9.59 Å². The van der Waals surface area contributed by atoms with Crippen molar-refractivity contribution in [2.75, 3.05) is 12.4 Å². The summed E-state index contributed by atoms with van der Waals surface area (Å²) in [6.07, 6.45) is 21.1. The fourth-order valence-corrected chi connectivity index (χ4v) is 5.50. The van der Waals surface area contributed by atoms with Crippen LogP contribution in [0, 0.1) is 0 Å². The Morgan fingerprint density at radius 1 is 0.968 bits per heavy atom. The van der Waals surface area contributed by atoms with Crippen LogP contribution in [0.25, 0.3) is 0 Å². The Hall–Kier alpha value is -0.970. The van der Waals surface area contributed by atoms with E-state index in [0.717, 1.165) is 25.7 Å². The standard InChI is InChI=1S/C26H46O4S/c1-4-6-7-8-9-10-11-12-13-14-15-16-18-23-19-17-20-24(30-22(3)27)26(23)31-21-25(28)29-5-2/h18,24,26H,4-17,19-21H2,1-3H3. The second-order valence-corrected chi connectivity index (χ2v) is 9.81. The molecule has 1 saturated carbocycles. The van der Waals surface area contributed by atoms with E-state index in [1.807, 2.05) is 6.92 Å². The number of hydrogen-bond donors (Lipinski definition) is 0. The van der Waals surface area contributed by atoms with Crippen molar-refractivity contribution in [3.05, 3.63) is 11.6 Å². The highest BCUT2D eigenvalue weighted by Crippen LogP contribution is 2.35.